The molecule has 1 fully saturated rings. The molecule has 0 aliphatic carbocycles. The van der Waals surface area contributed by atoms with Crippen LogP contribution in [0.25, 0.3) is 0 Å². The van der Waals surface area contributed by atoms with Gasteiger partial charge in [0.25, 0.3) is 0 Å². The van der Waals surface area contributed by atoms with Gasteiger partial charge in [0.05, 0.1) is 5.56 Å². The Hall–Kier alpha value is -1.79. The van der Waals surface area contributed by atoms with E-state index in [-0.39, 0.29) is 11.9 Å². The molecule has 134 valence electrons. The average Bonchev–Trinajstić information content (AvgIpc) is 2.52. The second kappa shape index (κ2) is 6.61. The van der Waals surface area contributed by atoms with Crippen LogP contribution >= 0.6 is 0 Å². The van der Waals surface area contributed by atoms with Crippen molar-refractivity contribution in [2.24, 2.45) is 5.41 Å². The van der Waals surface area contributed by atoms with Gasteiger partial charge in [-0.1, -0.05) is 20.8 Å². The van der Waals surface area contributed by atoms with E-state index in [0.29, 0.717) is 18.9 Å². The van der Waals surface area contributed by atoms with Gasteiger partial charge < -0.3 is 9.80 Å². The number of aromatic nitrogens is 1. The number of anilines is 1. The molecule has 1 aromatic rings. The van der Waals surface area contributed by atoms with Gasteiger partial charge in [-0.3, -0.25) is 4.79 Å². The fourth-order valence-corrected chi connectivity index (χ4v) is 2.94. The molecule has 0 spiro atoms. The molecule has 1 aromatic heterocycles. The highest BCUT2D eigenvalue weighted by Crippen LogP contribution is 2.31. The molecule has 1 aliphatic heterocycles. The quantitative estimate of drug-likeness (QED) is 0.824. The van der Waals surface area contributed by atoms with Gasteiger partial charge in [0.1, 0.15) is 5.82 Å². The molecule has 2 rings (SSSR count). The summed E-state index contributed by atoms with van der Waals surface area (Å²) in [6.45, 7) is 6.82. The maximum Gasteiger partial charge on any atom is 0.416 e. The summed E-state index contributed by atoms with van der Waals surface area (Å²) in [6.07, 6.45) is -1.73. The van der Waals surface area contributed by atoms with E-state index in [1.54, 1.807) is 11.9 Å². The van der Waals surface area contributed by atoms with E-state index in [1.807, 2.05) is 25.7 Å². The van der Waals surface area contributed by atoms with Crippen molar-refractivity contribution in [3.8, 4) is 0 Å². The highest BCUT2D eigenvalue weighted by Gasteiger charge is 2.33. The van der Waals surface area contributed by atoms with Gasteiger partial charge in [-0.25, -0.2) is 4.98 Å². The Morgan fingerprint density at radius 2 is 1.83 bits per heavy atom. The van der Waals surface area contributed by atoms with E-state index < -0.39 is 17.2 Å². The molecule has 0 unspecified atom stereocenters. The summed E-state index contributed by atoms with van der Waals surface area (Å²) in [5.74, 6) is 0.422. The molecule has 4 nitrogen and oxygen atoms in total. The predicted molar refractivity (Wildman–Crippen MR) is 86.7 cm³/mol. The third-order valence-corrected chi connectivity index (χ3v) is 4.37. The van der Waals surface area contributed by atoms with Crippen molar-refractivity contribution in [2.45, 2.75) is 45.8 Å². The number of carbonyl (C=O) groups is 1. The monoisotopic (exact) mass is 343 g/mol. The van der Waals surface area contributed by atoms with E-state index in [2.05, 4.69) is 4.98 Å². The Morgan fingerprint density at radius 3 is 2.33 bits per heavy atom. The fraction of sp³-hybridized carbons (Fsp3) is 0.647. The second-order valence-electron chi connectivity index (χ2n) is 7.28. The lowest BCUT2D eigenvalue weighted by Gasteiger charge is -2.39. The van der Waals surface area contributed by atoms with Crippen LogP contribution in [-0.4, -0.2) is 42.0 Å². The van der Waals surface area contributed by atoms with Gasteiger partial charge in [-0.15, -0.1) is 0 Å². The summed E-state index contributed by atoms with van der Waals surface area (Å²) >= 11 is 0. The minimum absolute atomic E-state index is 0.0816. The SMILES string of the molecule is CN(C(=O)C(C)(C)C)C1CCN(c2cc(C(F)(F)F)ccn2)CC1. The third kappa shape index (κ3) is 4.19. The number of pyridine rings is 1. The normalized spacial score (nSPS) is 17.0. The summed E-state index contributed by atoms with van der Waals surface area (Å²) in [7, 11) is 1.80. The van der Waals surface area contributed by atoms with Crippen molar-refractivity contribution in [3.05, 3.63) is 23.9 Å². The third-order valence-electron chi connectivity index (χ3n) is 4.37. The first-order chi connectivity index (χ1) is 11.0. The van der Waals surface area contributed by atoms with E-state index in [1.165, 1.54) is 6.20 Å². The Kier molecular flexibility index (Phi) is 5.11. The molecule has 0 aromatic carbocycles. The highest BCUT2D eigenvalue weighted by molar-refractivity contribution is 5.81. The number of amides is 1. The molecule has 1 amide bonds. The van der Waals surface area contributed by atoms with Crippen LogP contribution in [0.15, 0.2) is 18.3 Å². The molecule has 0 radical (unpaired) electrons. The zero-order chi connectivity index (χ0) is 18.1. The van der Waals surface area contributed by atoms with Gasteiger partial charge in [0, 0.05) is 37.8 Å². The molecular formula is C17H24F3N3O. The first-order valence-electron chi connectivity index (χ1n) is 8.05. The number of halogens is 3. The lowest BCUT2D eigenvalue weighted by molar-refractivity contribution is -0.140. The highest BCUT2D eigenvalue weighted by atomic mass is 19.4. The van der Waals surface area contributed by atoms with Gasteiger partial charge in [-0.2, -0.15) is 13.2 Å². The summed E-state index contributed by atoms with van der Waals surface area (Å²) in [5.41, 5.74) is -1.12. The summed E-state index contributed by atoms with van der Waals surface area (Å²) < 4.78 is 38.4. The van der Waals surface area contributed by atoms with Crippen LogP contribution in [0, 0.1) is 5.41 Å². The van der Waals surface area contributed by atoms with Gasteiger partial charge in [-0.05, 0) is 25.0 Å². The fourth-order valence-electron chi connectivity index (χ4n) is 2.94. The maximum atomic E-state index is 12.8. The van der Waals surface area contributed by atoms with Gasteiger partial charge in [0.15, 0.2) is 0 Å². The Morgan fingerprint density at radius 1 is 1.25 bits per heavy atom. The molecule has 0 atom stereocenters. The van der Waals surface area contributed by atoms with Crippen molar-refractivity contribution in [1.29, 1.82) is 0 Å². The Labute approximate surface area is 140 Å². The standard InChI is InChI=1S/C17H24F3N3O/c1-16(2,3)15(24)22(4)13-6-9-23(10-7-13)14-11-12(5-8-21-14)17(18,19)20/h5,8,11,13H,6-7,9-10H2,1-4H3. The van der Waals surface area contributed by atoms with Crippen molar-refractivity contribution in [2.75, 3.05) is 25.0 Å². The summed E-state index contributed by atoms with van der Waals surface area (Å²) in [4.78, 5) is 20.0. The van der Waals surface area contributed by atoms with Gasteiger partial charge >= 0.3 is 6.18 Å². The second-order valence-corrected chi connectivity index (χ2v) is 7.28. The molecule has 7 heteroatoms. The number of hydrogen-bond donors (Lipinski definition) is 0. The zero-order valence-corrected chi connectivity index (χ0v) is 14.5. The number of alkyl halides is 3. The van der Waals surface area contributed by atoms with Crippen LogP contribution < -0.4 is 4.90 Å². The number of carbonyl (C=O) groups excluding carboxylic acids is 1. The first-order valence-corrected chi connectivity index (χ1v) is 8.05. The summed E-state index contributed by atoms with van der Waals surface area (Å²) in [5, 5.41) is 0. The average molecular weight is 343 g/mol. The molecule has 0 bridgehead atoms. The van der Waals surface area contributed by atoms with Crippen molar-refractivity contribution in [1.82, 2.24) is 9.88 Å². The lowest BCUT2D eigenvalue weighted by Crippen LogP contribution is -2.48. The minimum atomic E-state index is -4.37. The number of piperidine rings is 1. The topological polar surface area (TPSA) is 36.4 Å². The molecule has 0 N–H and O–H groups in total. The number of hydrogen-bond acceptors (Lipinski definition) is 3. The summed E-state index contributed by atoms with van der Waals surface area (Å²) in [6, 6.07) is 2.18. The number of nitrogens with zero attached hydrogens (tertiary/aromatic N) is 3. The van der Waals surface area contributed by atoms with Crippen LogP contribution in [0.3, 0.4) is 0 Å². The molecule has 1 saturated heterocycles. The van der Waals surface area contributed by atoms with E-state index in [9.17, 15) is 18.0 Å². The lowest BCUT2D eigenvalue weighted by atomic mass is 9.92. The van der Waals surface area contributed by atoms with E-state index in [0.717, 1.165) is 25.0 Å². The van der Waals surface area contributed by atoms with E-state index >= 15 is 0 Å². The van der Waals surface area contributed by atoms with Crippen molar-refractivity contribution in [3.63, 3.8) is 0 Å². The minimum Gasteiger partial charge on any atom is -0.356 e. The number of rotatable bonds is 2. The van der Waals surface area contributed by atoms with Gasteiger partial charge in [0.2, 0.25) is 5.91 Å². The maximum absolute atomic E-state index is 12.8. The predicted octanol–water partition coefficient (Wildman–Crippen LogP) is 3.57. The largest absolute Gasteiger partial charge is 0.416 e. The van der Waals surface area contributed by atoms with Crippen LogP contribution in [0.5, 0.6) is 0 Å². The van der Waals surface area contributed by atoms with E-state index in [4.69, 9.17) is 0 Å². The molecule has 0 saturated carbocycles. The van der Waals surface area contributed by atoms with Crippen molar-refractivity contribution < 1.29 is 18.0 Å². The Balaban J connectivity index is 2.02. The van der Waals surface area contributed by atoms with Crippen LogP contribution in [0.4, 0.5) is 19.0 Å². The smallest absolute Gasteiger partial charge is 0.356 e. The zero-order valence-electron chi connectivity index (χ0n) is 14.5. The van der Waals surface area contributed by atoms with Crippen molar-refractivity contribution >= 4 is 11.7 Å². The Bertz CT molecular complexity index is 587. The first kappa shape index (κ1) is 18.5. The molecule has 24 heavy (non-hydrogen) atoms. The van der Waals surface area contributed by atoms with Crippen LogP contribution in [0.2, 0.25) is 0 Å². The van der Waals surface area contributed by atoms with Crippen LogP contribution in [-0.2, 0) is 11.0 Å². The molecule has 2 heterocycles. The van der Waals surface area contributed by atoms with Crippen LogP contribution in [0.1, 0.15) is 39.2 Å². The molecule has 1 aliphatic rings. The molecular weight excluding hydrogens is 319 g/mol.